The number of carbonyl (C=O) groups excluding carboxylic acids is 2. The quantitative estimate of drug-likeness (QED) is 0.666. The summed E-state index contributed by atoms with van der Waals surface area (Å²) in [7, 11) is 0. The molecule has 0 saturated heterocycles. The number of rotatable bonds is 5. The van der Waals surface area contributed by atoms with Crippen LogP contribution in [-0.2, 0) is 9.53 Å². The molecule has 1 amide bonds. The maximum atomic E-state index is 11.6. The standard InChI is InChI=1S/C11H12Cl2N2O3/c1-2-18-9(16)3-4-14-11(17)7-5-8(12)10(13)15-6-7/h5-6H,2-4H2,1H3,(H,14,17). The van der Waals surface area contributed by atoms with Crippen LogP contribution in [0.5, 0.6) is 0 Å². The molecule has 0 unspecified atom stereocenters. The summed E-state index contributed by atoms with van der Waals surface area (Å²) in [5.74, 6) is -0.726. The number of ether oxygens (including phenoxy) is 1. The van der Waals surface area contributed by atoms with Gasteiger partial charge in [-0.25, -0.2) is 4.98 Å². The highest BCUT2D eigenvalue weighted by molar-refractivity contribution is 6.41. The molecule has 0 radical (unpaired) electrons. The minimum atomic E-state index is -0.370. The van der Waals surface area contributed by atoms with Crippen molar-refractivity contribution < 1.29 is 14.3 Å². The number of pyridine rings is 1. The van der Waals surface area contributed by atoms with Crippen molar-refractivity contribution in [2.24, 2.45) is 0 Å². The normalized spacial score (nSPS) is 9.94. The van der Waals surface area contributed by atoms with Gasteiger partial charge in [-0.05, 0) is 13.0 Å². The molecule has 0 aliphatic heterocycles. The number of halogens is 2. The van der Waals surface area contributed by atoms with E-state index in [1.807, 2.05) is 0 Å². The van der Waals surface area contributed by atoms with Crippen LogP contribution in [0.1, 0.15) is 23.7 Å². The van der Waals surface area contributed by atoms with Crippen LogP contribution in [0.25, 0.3) is 0 Å². The van der Waals surface area contributed by atoms with Crippen LogP contribution in [0, 0.1) is 0 Å². The van der Waals surface area contributed by atoms with Gasteiger partial charge in [0.1, 0.15) is 5.15 Å². The molecule has 98 valence electrons. The molecule has 0 aliphatic carbocycles. The van der Waals surface area contributed by atoms with E-state index in [0.717, 1.165) is 0 Å². The summed E-state index contributed by atoms with van der Waals surface area (Å²) in [4.78, 5) is 26.4. The number of carbonyl (C=O) groups is 2. The van der Waals surface area contributed by atoms with Crippen LogP contribution >= 0.6 is 23.2 Å². The number of aromatic nitrogens is 1. The van der Waals surface area contributed by atoms with Crippen molar-refractivity contribution in [1.29, 1.82) is 0 Å². The first-order valence-corrected chi connectivity index (χ1v) is 6.05. The van der Waals surface area contributed by atoms with Gasteiger partial charge in [0, 0.05) is 12.7 Å². The lowest BCUT2D eigenvalue weighted by Gasteiger charge is -2.05. The Hall–Kier alpha value is -1.33. The summed E-state index contributed by atoms with van der Waals surface area (Å²) in [5, 5.41) is 2.90. The van der Waals surface area contributed by atoms with Crippen molar-refractivity contribution in [1.82, 2.24) is 10.3 Å². The molecule has 0 atom stereocenters. The van der Waals surface area contributed by atoms with Crippen LogP contribution in [0.2, 0.25) is 10.2 Å². The molecule has 1 rings (SSSR count). The zero-order valence-electron chi connectivity index (χ0n) is 9.70. The van der Waals surface area contributed by atoms with Crippen molar-refractivity contribution in [3.8, 4) is 0 Å². The second-order valence-electron chi connectivity index (χ2n) is 3.31. The smallest absolute Gasteiger partial charge is 0.307 e. The molecule has 1 heterocycles. The van der Waals surface area contributed by atoms with Gasteiger partial charge in [-0.2, -0.15) is 0 Å². The summed E-state index contributed by atoms with van der Waals surface area (Å²) in [6.45, 7) is 2.24. The first-order chi connectivity index (χ1) is 8.54. The summed E-state index contributed by atoms with van der Waals surface area (Å²) in [5.41, 5.74) is 0.285. The SMILES string of the molecule is CCOC(=O)CCNC(=O)c1cnc(Cl)c(Cl)c1. The van der Waals surface area contributed by atoms with E-state index < -0.39 is 0 Å². The maximum Gasteiger partial charge on any atom is 0.307 e. The third kappa shape index (κ3) is 4.50. The Kier molecular flexibility index (Phi) is 5.88. The number of amides is 1. The van der Waals surface area contributed by atoms with Gasteiger partial charge in [0.25, 0.3) is 5.91 Å². The molecule has 18 heavy (non-hydrogen) atoms. The molecule has 0 aliphatic rings. The monoisotopic (exact) mass is 290 g/mol. The Bertz CT molecular complexity index is 452. The summed E-state index contributed by atoms with van der Waals surface area (Å²) in [6.07, 6.45) is 1.43. The van der Waals surface area contributed by atoms with Crippen LogP contribution in [-0.4, -0.2) is 30.0 Å². The minimum absolute atomic E-state index is 0.119. The van der Waals surface area contributed by atoms with Crippen LogP contribution < -0.4 is 5.32 Å². The zero-order chi connectivity index (χ0) is 13.5. The average Bonchev–Trinajstić information content (AvgIpc) is 2.33. The predicted octanol–water partition coefficient (Wildman–Crippen LogP) is 2.07. The van der Waals surface area contributed by atoms with E-state index in [1.165, 1.54) is 12.3 Å². The van der Waals surface area contributed by atoms with E-state index in [1.54, 1.807) is 6.92 Å². The van der Waals surface area contributed by atoms with E-state index in [4.69, 9.17) is 27.9 Å². The molecule has 1 aromatic heterocycles. The molecular formula is C11H12Cl2N2O3. The fourth-order valence-electron chi connectivity index (χ4n) is 1.16. The van der Waals surface area contributed by atoms with Gasteiger partial charge in [-0.1, -0.05) is 23.2 Å². The first-order valence-electron chi connectivity index (χ1n) is 5.29. The highest BCUT2D eigenvalue weighted by atomic mass is 35.5. The second-order valence-corrected chi connectivity index (χ2v) is 4.07. The van der Waals surface area contributed by atoms with E-state index in [-0.39, 0.29) is 40.6 Å². The lowest BCUT2D eigenvalue weighted by atomic mass is 10.2. The van der Waals surface area contributed by atoms with Gasteiger partial charge in [-0.3, -0.25) is 9.59 Å². The average molecular weight is 291 g/mol. The number of hydrogen-bond acceptors (Lipinski definition) is 4. The van der Waals surface area contributed by atoms with Crippen LogP contribution in [0.4, 0.5) is 0 Å². The number of esters is 1. The Morgan fingerprint density at radius 3 is 2.78 bits per heavy atom. The molecule has 1 aromatic rings. The van der Waals surface area contributed by atoms with Gasteiger partial charge in [0.2, 0.25) is 0 Å². The Balaban J connectivity index is 2.45. The van der Waals surface area contributed by atoms with Crippen molar-refractivity contribution in [2.75, 3.05) is 13.2 Å². The fourth-order valence-corrected chi connectivity index (χ4v) is 1.43. The van der Waals surface area contributed by atoms with Gasteiger partial charge < -0.3 is 10.1 Å². The van der Waals surface area contributed by atoms with Gasteiger partial charge in [0.05, 0.1) is 23.6 Å². The summed E-state index contributed by atoms with van der Waals surface area (Å²) < 4.78 is 4.72. The van der Waals surface area contributed by atoms with Crippen LogP contribution in [0.15, 0.2) is 12.3 Å². The lowest BCUT2D eigenvalue weighted by molar-refractivity contribution is -0.142. The molecule has 0 bridgehead atoms. The van der Waals surface area contributed by atoms with Gasteiger partial charge in [-0.15, -0.1) is 0 Å². The van der Waals surface area contributed by atoms with E-state index in [0.29, 0.717) is 6.61 Å². The van der Waals surface area contributed by atoms with Crippen molar-refractivity contribution in [2.45, 2.75) is 13.3 Å². The molecule has 0 aromatic carbocycles. The second kappa shape index (κ2) is 7.18. The van der Waals surface area contributed by atoms with Crippen LogP contribution in [0.3, 0.4) is 0 Å². The largest absolute Gasteiger partial charge is 0.466 e. The third-order valence-electron chi connectivity index (χ3n) is 1.98. The van der Waals surface area contributed by atoms with Crippen molar-refractivity contribution in [3.05, 3.63) is 28.0 Å². The molecule has 0 spiro atoms. The summed E-state index contributed by atoms with van der Waals surface area (Å²) in [6, 6.07) is 1.41. The van der Waals surface area contributed by atoms with E-state index in [9.17, 15) is 9.59 Å². The lowest BCUT2D eigenvalue weighted by Crippen LogP contribution is -2.26. The fraction of sp³-hybridized carbons (Fsp3) is 0.364. The van der Waals surface area contributed by atoms with Gasteiger partial charge >= 0.3 is 5.97 Å². The van der Waals surface area contributed by atoms with Crippen molar-refractivity contribution >= 4 is 35.1 Å². The third-order valence-corrected chi connectivity index (χ3v) is 2.66. The van der Waals surface area contributed by atoms with Crippen molar-refractivity contribution in [3.63, 3.8) is 0 Å². The molecule has 0 saturated carbocycles. The predicted molar refractivity (Wildman–Crippen MR) is 67.8 cm³/mol. The number of hydrogen-bond donors (Lipinski definition) is 1. The number of nitrogens with one attached hydrogen (secondary N) is 1. The van der Waals surface area contributed by atoms with E-state index in [2.05, 4.69) is 10.3 Å². The molecule has 0 fully saturated rings. The molecule has 5 nitrogen and oxygen atoms in total. The molecular weight excluding hydrogens is 279 g/mol. The Morgan fingerprint density at radius 1 is 1.44 bits per heavy atom. The highest BCUT2D eigenvalue weighted by Gasteiger charge is 2.09. The minimum Gasteiger partial charge on any atom is -0.466 e. The zero-order valence-corrected chi connectivity index (χ0v) is 11.2. The summed E-state index contributed by atoms with van der Waals surface area (Å²) >= 11 is 11.4. The molecule has 1 N–H and O–H groups in total. The van der Waals surface area contributed by atoms with Gasteiger partial charge in [0.15, 0.2) is 0 Å². The Labute approximate surface area is 114 Å². The Morgan fingerprint density at radius 2 is 2.17 bits per heavy atom. The number of nitrogens with zero attached hydrogens (tertiary/aromatic N) is 1. The highest BCUT2D eigenvalue weighted by Crippen LogP contribution is 2.19. The topological polar surface area (TPSA) is 68.3 Å². The molecule has 7 heteroatoms. The maximum absolute atomic E-state index is 11.6. The van der Waals surface area contributed by atoms with E-state index >= 15 is 0 Å². The first kappa shape index (κ1) is 14.7.